The molecule has 1 aromatic carbocycles. The minimum Gasteiger partial charge on any atom is -0.506 e. The van der Waals surface area contributed by atoms with Crippen molar-refractivity contribution in [2.45, 2.75) is 13.0 Å². The fourth-order valence-electron chi connectivity index (χ4n) is 1.90. The lowest BCUT2D eigenvalue weighted by Crippen LogP contribution is -2.55. The molecule has 1 aromatic rings. The monoisotopic (exact) mass is 249 g/mol. The summed E-state index contributed by atoms with van der Waals surface area (Å²) in [6.07, 6.45) is 0. The summed E-state index contributed by atoms with van der Waals surface area (Å²) in [5.41, 5.74) is 6.02. The van der Waals surface area contributed by atoms with Crippen molar-refractivity contribution in [2.24, 2.45) is 0 Å². The molecule has 2 rings (SSSR count). The van der Waals surface area contributed by atoms with E-state index in [9.17, 15) is 14.7 Å². The van der Waals surface area contributed by atoms with Gasteiger partial charge in [0.25, 0.3) is 5.91 Å². The second-order valence-electron chi connectivity index (χ2n) is 4.24. The number of hydrogen-bond acceptors (Lipinski definition) is 4. The van der Waals surface area contributed by atoms with Crippen molar-refractivity contribution in [1.29, 1.82) is 0 Å². The molecule has 0 saturated carbocycles. The molecule has 4 N–H and O–H groups in total. The van der Waals surface area contributed by atoms with Crippen LogP contribution in [0.4, 0.5) is 5.69 Å². The van der Waals surface area contributed by atoms with Gasteiger partial charge in [0.2, 0.25) is 5.91 Å². The number of piperazine rings is 1. The van der Waals surface area contributed by atoms with Gasteiger partial charge in [0.15, 0.2) is 0 Å². The molecule has 0 aliphatic carbocycles. The second kappa shape index (κ2) is 4.56. The number of rotatable bonds is 1. The molecule has 2 amide bonds. The Hall–Kier alpha value is -2.24. The van der Waals surface area contributed by atoms with Crippen LogP contribution in [0.5, 0.6) is 5.75 Å². The molecule has 6 heteroatoms. The predicted octanol–water partition coefficient (Wildman–Crippen LogP) is -0.0651. The van der Waals surface area contributed by atoms with Crippen LogP contribution in [0.1, 0.15) is 17.3 Å². The zero-order valence-corrected chi connectivity index (χ0v) is 10.0. The van der Waals surface area contributed by atoms with Crippen molar-refractivity contribution in [3.05, 3.63) is 23.8 Å². The van der Waals surface area contributed by atoms with E-state index >= 15 is 0 Å². The number of benzene rings is 1. The van der Waals surface area contributed by atoms with E-state index in [1.54, 1.807) is 6.92 Å². The molecule has 0 bridgehead atoms. The predicted molar refractivity (Wildman–Crippen MR) is 66.0 cm³/mol. The van der Waals surface area contributed by atoms with E-state index < -0.39 is 6.04 Å². The van der Waals surface area contributed by atoms with E-state index in [0.29, 0.717) is 18.7 Å². The highest BCUT2D eigenvalue weighted by Gasteiger charge is 2.29. The van der Waals surface area contributed by atoms with Crippen molar-refractivity contribution >= 4 is 17.5 Å². The van der Waals surface area contributed by atoms with Gasteiger partial charge in [-0.05, 0) is 25.1 Å². The van der Waals surface area contributed by atoms with E-state index in [1.807, 2.05) is 0 Å². The normalized spacial score (nSPS) is 19.5. The lowest BCUT2D eigenvalue weighted by molar-refractivity contribution is -0.127. The van der Waals surface area contributed by atoms with E-state index in [2.05, 4.69) is 5.32 Å². The number of nitrogens with zero attached hydrogens (tertiary/aromatic N) is 1. The quantitative estimate of drug-likeness (QED) is 0.479. The Balaban J connectivity index is 2.25. The Bertz CT molecular complexity index is 501. The molecule has 1 atom stereocenters. The summed E-state index contributed by atoms with van der Waals surface area (Å²) >= 11 is 0. The summed E-state index contributed by atoms with van der Waals surface area (Å²) in [6, 6.07) is 3.82. The number of phenolic OH excluding ortho intramolecular Hbond substituents is 1. The van der Waals surface area contributed by atoms with E-state index in [4.69, 9.17) is 5.73 Å². The van der Waals surface area contributed by atoms with Crippen molar-refractivity contribution in [2.75, 3.05) is 18.8 Å². The van der Waals surface area contributed by atoms with Gasteiger partial charge in [-0.15, -0.1) is 0 Å². The van der Waals surface area contributed by atoms with Crippen molar-refractivity contribution in [3.63, 3.8) is 0 Å². The third kappa shape index (κ3) is 2.09. The zero-order chi connectivity index (χ0) is 13.3. The first kappa shape index (κ1) is 12.2. The second-order valence-corrected chi connectivity index (χ2v) is 4.24. The van der Waals surface area contributed by atoms with Crippen LogP contribution in [0.25, 0.3) is 0 Å². The highest BCUT2D eigenvalue weighted by Crippen LogP contribution is 2.22. The largest absolute Gasteiger partial charge is 0.506 e. The first-order chi connectivity index (χ1) is 8.50. The molecule has 1 aliphatic rings. The molecule has 0 spiro atoms. The number of hydrogen-bond donors (Lipinski definition) is 3. The zero-order valence-electron chi connectivity index (χ0n) is 10.0. The Morgan fingerprint density at radius 3 is 2.94 bits per heavy atom. The van der Waals surface area contributed by atoms with Crippen LogP contribution in [0.15, 0.2) is 18.2 Å². The maximum Gasteiger partial charge on any atom is 0.254 e. The molecular weight excluding hydrogens is 234 g/mol. The number of nitrogens with two attached hydrogens (primary N) is 1. The lowest BCUT2D eigenvalue weighted by atomic mass is 10.1. The van der Waals surface area contributed by atoms with Gasteiger partial charge in [0, 0.05) is 18.7 Å². The van der Waals surface area contributed by atoms with E-state index in [-0.39, 0.29) is 23.3 Å². The van der Waals surface area contributed by atoms with Gasteiger partial charge in [-0.3, -0.25) is 9.59 Å². The van der Waals surface area contributed by atoms with Gasteiger partial charge in [-0.25, -0.2) is 0 Å². The van der Waals surface area contributed by atoms with Crippen LogP contribution in [0.3, 0.4) is 0 Å². The molecule has 1 heterocycles. The Labute approximate surface area is 104 Å². The maximum absolute atomic E-state index is 12.2. The van der Waals surface area contributed by atoms with E-state index in [1.165, 1.54) is 23.1 Å². The van der Waals surface area contributed by atoms with E-state index in [0.717, 1.165) is 0 Å². The van der Waals surface area contributed by atoms with Crippen LogP contribution in [-0.4, -0.2) is 41.0 Å². The number of phenols is 1. The summed E-state index contributed by atoms with van der Waals surface area (Å²) in [4.78, 5) is 25.2. The Morgan fingerprint density at radius 1 is 1.56 bits per heavy atom. The summed E-state index contributed by atoms with van der Waals surface area (Å²) < 4.78 is 0. The number of amides is 2. The maximum atomic E-state index is 12.2. The van der Waals surface area contributed by atoms with Gasteiger partial charge in [0.05, 0.1) is 5.69 Å². The minimum atomic E-state index is -0.508. The molecule has 6 nitrogen and oxygen atoms in total. The van der Waals surface area contributed by atoms with Crippen LogP contribution >= 0.6 is 0 Å². The number of carbonyl (C=O) groups is 2. The van der Waals surface area contributed by atoms with Gasteiger partial charge in [-0.2, -0.15) is 0 Å². The lowest BCUT2D eigenvalue weighted by Gasteiger charge is -2.32. The molecule has 96 valence electrons. The molecule has 1 unspecified atom stereocenters. The first-order valence-electron chi connectivity index (χ1n) is 5.68. The SMILES string of the molecule is CC1C(=O)NCCN1C(=O)c1ccc(N)c(O)c1. The number of nitrogens with one attached hydrogen (secondary N) is 1. The fraction of sp³-hybridized carbons (Fsp3) is 0.333. The number of carbonyl (C=O) groups excluding carboxylic acids is 2. The number of nitrogen functional groups attached to an aromatic ring is 1. The van der Waals surface area contributed by atoms with Crippen molar-refractivity contribution in [3.8, 4) is 5.75 Å². The van der Waals surface area contributed by atoms with Gasteiger partial charge >= 0.3 is 0 Å². The highest BCUT2D eigenvalue weighted by molar-refractivity contribution is 5.98. The smallest absolute Gasteiger partial charge is 0.254 e. The minimum absolute atomic E-state index is 0.130. The number of aromatic hydroxyl groups is 1. The van der Waals surface area contributed by atoms with Crippen molar-refractivity contribution in [1.82, 2.24) is 10.2 Å². The molecule has 0 radical (unpaired) electrons. The van der Waals surface area contributed by atoms with Crippen LogP contribution < -0.4 is 11.1 Å². The fourth-order valence-corrected chi connectivity index (χ4v) is 1.90. The molecule has 0 aromatic heterocycles. The Kier molecular flexibility index (Phi) is 3.10. The molecule has 1 saturated heterocycles. The Morgan fingerprint density at radius 2 is 2.28 bits per heavy atom. The molecule has 1 aliphatic heterocycles. The molecule has 1 fully saturated rings. The van der Waals surface area contributed by atoms with Crippen LogP contribution in [0, 0.1) is 0 Å². The average molecular weight is 249 g/mol. The summed E-state index contributed by atoms with van der Waals surface area (Å²) in [5, 5.41) is 12.2. The van der Waals surface area contributed by atoms with Gasteiger partial charge in [-0.1, -0.05) is 0 Å². The topological polar surface area (TPSA) is 95.7 Å². The third-order valence-corrected chi connectivity index (χ3v) is 3.04. The third-order valence-electron chi connectivity index (χ3n) is 3.04. The van der Waals surface area contributed by atoms with Gasteiger partial charge in [0.1, 0.15) is 11.8 Å². The molecular formula is C12H15N3O3. The first-order valence-corrected chi connectivity index (χ1v) is 5.68. The molecule has 18 heavy (non-hydrogen) atoms. The summed E-state index contributed by atoms with van der Waals surface area (Å²) in [5.74, 6) is -0.586. The summed E-state index contributed by atoms with van der Waals surface area (Å²) in [7, 11) is 0. The van der Waals surface area contributed by atoms with Crippen LogP contribution in [-0.2, 0) is 4.79 Å². The van der Waals surface area contributed by atoms with Crippen LogP contribution in [0.2, 0.25) is 0 Å². The van der Waals surface area contributed by atoms with Gasteiger partial charge < -0.3 is 21.1 Å². The summed E-state index contributed by atoms with van der Waals surface area (Å²) in [6.45, 7) is 2.57. The number of anilines is 1. The standard InChI is InChI=1S/C12H15N3O3/c1-7-11(17)14-4-5-15(7)12(18)8-2-3-9(13)10(16)6-8/h2-3,6-7,16H,4-5,13H2,1H3,(H,14,17). The average Bonchev–Trinajstić information content (AvgIpc) is 2.35. The van der Waals surface area contributed by atoms with Crippen molar-refractivity contribution < 1.29 is 14.7 Å². The highest BCUT2D eigenvalue weighted by atomic mass is 16.3.